The highest BCUT2D eigenvalue weighted by molar-refractivity contribution is 6.32. The summed E-state index contributed by atoms with van der Waals surface area (Å²) in [5.74, 6) is 1.000. The Bertz CT molecular complexity index is 482. The van der Waals surface area contributed by atoms with Gasteiger partial charge in [0.15, 0.2) is 0 Å². The molecule has 0 amide bonds. The highest BCUT2D eigenvalue weighted by Gasteiger charge is 2.09. The molecule has 2 rings (SSSR count). The fourth-order valence-corrected chi connectivity index (χ4v) is 1.80. The molecule has 1 aromatic heterocycles. The van der Waals surface area contributed by atoms with Gasteiger partial charge < -0.3 is 14.8 Å². The van der Waals surface area contributed by atoms with Crippen molar-refractivity contribution in [3.05, 3.63) is 52.9 Å². The van der Waals surface area contributed by atoms with Crippen LogP contribution in [0, 0.1) is 0 Å². The average Bonchev–Trinajstić information content (AvgIpc) is 2.84. The van der Waals surface area contributed by atoms with Crippen LogP contribution in [0.3, 0.4) is 0 Å². The van der Waals surface area contributed by atoms with Gasteiger partial charge >= 0.3 is 0 Å². The summed E-state index contributed by atoms with van der Waals surface area (Å²) in [7, 11) is 0. The molecule has 0 bridgehead atoms. The molecule has 1 aromatic carbocycles. The van der Waals surface area contributed by atoms with Gasteiger partial charge in [0.1, 0.15) is 11.5 Å². The van der Waals surface area contributed by atoms with Crippen LogP contribution in [0.5, 0.6) is 5.75 Å². The predicted molar refractivity (Wildman–Crippen MR) is 67.1 cm³/mol. The van der Waals surface area contributed by atoms with E-state index in [1.54, 1.807) is 12.3 Å². The second-order valence-electron chi connectivity index (χ2n) is 3.87. The van der Waals surface area contributed by atoms with Crippen LogP contribution in [0.2, 0.25) is 5.02 Å². The molecule has 3 nitrogen and oxygen atoms in total. The lowest BCUT2D eigenvalue weighted by atomic mass is 10.2. The Morgan fingerprint density at radius 3 is 2.88 bits per heavy atom. The van der Waals surface area contributed by atoms with Crippen LogP contribution in [-0.2, 0) is 6.54 Å². The first kappa shape index (κ1) is 12.0. The van der Waals surface area contributed by atoms with E-state index in [4.69, 9.17) is 16.0 Å². The minimum Gasteiger partial charge on any atom is -0.506 e. The Morgan fingerprint density at radius 2 is 2.18 bits per heavy atom. The topological polar surface area (TPSA) is 45.4 Å². The predicted octanol–water partition coefficient (Wildman–Crippen LogP) is 3.49. The number of furan rings is 1. The number of hydrogen-bond acceptors (Lipinski definition) is 3. The average molecular weight is 252 g/mol. The molecule has 17 heavy (non-hydrogen) atoms. The molecule has 2 N–H and O–H groups in total. The summed E-state index contributed by atoms with van der Waals surface area (Å²) >= 11 is 5.83. The number of aromatic hydroxyl groups is 1. The lowest BCUT2D eigenvalue weighted by Gasteiger charge is -2.12. The Morgan fingerprint density at radius 1 is 1.35 bits per heavy atom. The Balaban J connectivity index is 2.00. The van der Waals surface area contributed by atoms with Gasteiger partial charge in [-0.05, 0) is 25.1 Å². The quantitative estimate of drug-likeness (QED) is 0.874. The maximum absolute atomic E-state index is 9.75. The highest BCUT2D eigenvalue weighted by Crippen LogP contribution is 2.27. The van der Waals surface area contributed by atoms with Crippen molar-refractivity contribution in [3.8, 4) is 5.75 Å². The van der Waals surface area contributed by atoms with Gasteiger partial charge in [-0.15, -0.1) is 0 Å². The van der Waals surface area contributed by atoms with Crippen LogP contribution in [0.1, 0.15) is 24.3 Å². The van der Waals surface area contributed by atoms with E-state index < -0.39 is 0 Å². The van der Waals surface area contributed by atoms with Gasteiger partial charge in [-0.3, -0.25) is 0 Å². The van der Waals surface area contributed by atoms with Crippen molar-refractivity contribution in [2.75, 3.05) is 0 Å². The summed E-state index contributed by atoms with van der Waals surface area (Å²) < 4.78 is 5.29. The lowest BCUT2D eigenvalue weighted by molar-refractivity contribution is 0.422. The standard InChI is InChI=1S/C13H14ClNO2/c1-9(12-6-3-7-17-12)15-8-10-4-2-5-11(14)13(10)16/h2-7,9,15-16H,8H2,1H3/t9-/m0/s1. The Labute approximate surface area is 105 Å². The van der Waals surface area contributed by atoms with E-state index in [9.17, 15) is 5.11 Å². The van der Waals surface area contributed by atoms with Gasteiger partial charge in [-0.25, -0.2) is 0 Å². The number of nitrogens with one attached hydrogen (secondary N) is 1. The lowest BCUT2D eigenvalue weighted by Crippen LogP contribution is -2.17. The van der Waals surface area contributed by atoms with E-state index in [2.05, 4.69) is 5.32 Å². The Kier molecular flexibility index (Phi) is 3.71. The maximum Gasteiger partial charge on any atom is 0.138 e. The van der Waals surface area contributed by atoms with Gasteiger partial charge in [-0.1, -0.05) is 23.7 Å². The summed E-state index contributed by atoms with van der Waals surface area (Å²) in [6, 6.07) is 9.17. The molecule has 0 unspecified atom stereocenters. The molecule has 0 aliphatic carbocycles. The molecule has 0 saturated heterocycles. The normalized spacial score (nSPS) is 12.6. The van der Waals surface area contributed by atoms with Crippen LogP contribution in [-0.4, -0.2) is 5.11 Å². The molecule has 1 atom stereocenters. The number of hydrogen-bond donors (Lipinski definition) is 2. The van der Waals surface area contributed by atoms with Crippen LogP contribution in [0.25, 0.3) is 0 Å². The summed E-state index contributed by atoms with van der Waals surface area (Å²) in [6.45, 7) is 2.54. The van der Waals surface area contributed by atoms with Crippen LogP contribution in [0.15, 0.2) is 41.0 Å². The SMILES string of the molecule is C[C@H](NCc1cccc(Cl)c1O)c1ccco1. The van der Waals surface area contributed by atoms with E-state index in [0.29, 0.717) is 11.6 Å². The van der Waals surface area contributed by atoms with E-state index in [0.717, 1.165) is 11.3 Å². The molecule has 2 aromatic rings. The molecule has 0 radical (unpaired) electrons. The fourth-order valence-electron chi connectivity index (χ4n) is 1.60. The van der Waals surface area contributed by atoms with Crippen molar-refractivity contribution in [1.29, 1.82) is 0 Å². The molecule has 0 spiro atoms. The van der Waals surface area contributed by atoms with Gasteiger partial charge in [0.05, 0.1) is 17.3 Å². The first-order chi connectivity index (χ1) is 8.18. The van der Waals surface area contributed by atoms with Crippen molar-refractivity contribution in [1.82, 2.24) is 5.32 Å². The van der Waals surface area contributed by atoms with Crippen molar-refractivity contribution < 1.29 is 9.52 Å². The maximum atomic E-state index is 9.75. The molecule has 1 heterocycles. The number of phenolic OH excluding ortho intramolecular Hbond substituents is 1. The van der Waals surface area contributed by atoms with Crippen molar-refractivity contribution in [3.63, 3.8) is 0 Å². The third kappa shape index (κ3) is 2.81. The van der Waals surface area contributed by atoms with E-state index in [1.807, 2.05) is 31.2 Å². The second-order valence-corrected chi connectivity index (χ2v) is 4.27. The summed E-state index contributed by atoms with van der Waals surface area (Å²) in [6.07, 6.45) is 1.64. The summed E-state index contributed by atoms with van der Waals surface area (Å²) in [4.78, 5) is 0. The first-order valence-corrected chi connectivity index (χ1v) is 5.79. The number of benzene rings is 1. The van der Waals surface area contributed by atoms with Gasteiger partial charge in [0, 0.05) is 12.1 Å². The Hall–Kier alpha value is -1.45. The molecule has 0 saturated carbocycles. The number of para-hydroxylation sites is 1. The van der Waals surface area contributed by atoms with E-state index in [-0.39, 0.29) is 11.8 Å². The number of rotatable bonds is 4. The largest absolute Gasteiger partial charge is 0.506 e. The molecular formula is C13H14ClNO2. The number of halogens is 1. The smallest absolute Gasteiger partial charge is 0.138 e. The molecule has 0 fully saturated rings. The molecule has 90 valence electrons. The van der Waals surface area contributed by atoms with Crippen LogP contribution >= 0.6 is 11.6 Å². The summed E-state index contributed by atoms with van der Waals surface area (Å²) in [5, 5.41) is 13.4. The van der Waals surface area contributed by atoms with Crippen molar-refractivity contribution in [2.24, 2.45) is 0 Å². The van der Waals surface area contributed by atoms with Gasteiger partial charge in [-0.2, -0.15) is 0 Å². The van der Waals surface area contributed by atoms with Crippen LogP contribution in [0.4, 0.5) is 0 Å². The van der Waals surface area contributed by atoms with E-state index >= 15 is 0 Å². The molecular weight excluding hydrogens is 238 g/mol. The minimum atomic E-state index is 0.0865. The van der Waals surface area contributed by atoms with Crippen LogP contribution < -0.4 is 5.32 Å². The first-order valence-electron chi connectivity index (χ1n) is 5.41. The summed E-state index contributed by atoms with van der Waals surface area (Å²) in [5.41, 5.74) is 0.774. The van der Waals surface area contributed by atoms with E-state index in [1.165, 1.54) is 0 Å². The monoisotopic (exact) mass is 251 g/mol. The van der Waals surface area contributed by atoms with Crippen molar-refractivity contribution >= 4 is 11.6 Å². The zero-order valence-electron chi connectivity index (χ0n) is 9.48. The molecule has 0 aliphatic rings. The van der Waals surface area contributed by atoms with Gasteiger partial charge in [0.2, 0.25) is 0 Å². The number of phenols is 1. The third-order valence-corrected chi connectivity index (χ3v) is 2.94. The highest BCUT2D eigenvalue weighted by atomic mass is 35.5. The minimum absolute atomic E-state index is 0.0865. The fraction of sp³-hybridized carbons (Fsp3) is 0.231. The third-order valence-electron chi connectivity index (χ3n) is 2.64. The van der Waals surface area contributed by atoms with Crippen molar-refractivity contribution in [2.45, 2.75) is 19.5 Å². The zero-order chi connectivity index (χ0) is 12.3. The molecule has 0 aliphatic heterocycles. The van der Waals surface area contributed by atoms with Gasteiger partial charge in [0.25, 0.3) is 0 Å². The second kappa shape index (κ2) is 5.25. The molecule has 4 heteroatoms. The zero-order valence-corrected chi connectivity index (χ0v) is 10.2.